The molecule has 0 saturated heterocycles. The van der Waals surface area contributed by atoms with Crippen LogP contribution in [0.25, 0.3) is 0 Å². The van der Waals surface area contributed by atoms with E-state index in [2.05, 4.69) is 25.7 Å². The number of aromatic nitrogens is 1. The van der Waals surface area contributed by atoms with Gasteiger partial charge in [-0.05, 0) is 6.07 Å². The molecule has 17 heavy (non-hydrogen) atoms. The SMILES string of the molecule is COC(=O)Cc1nc(Cl)c(CBr)cc1C(F)F. The Hall–Kier alpha value is -0.750. The summed E-state index contributed by atoms with van der Waals surface area (Å²) in [4.78, 5) is 14.9. The standard InChI is InChI=1S/C10H9BrClF2NO2/c1-17-8(16)3-7-6(10(13)14)2-5(4-11)9(12)15-7/h2,10H,3-4H2,1H3. The van der Waals surface area contributed by atoms with Crippen LogP contribution in [-0.4, -0.2) is 18.1 Å². The number of carbonyl (C=O) groups is 1. The number of nitrogens with zero attached hydrogens (tertiary/aromatic N) is 1. The van der Waals surface area contributed by atoms with Crippen LogP contribution >= 0.6 is 27.5 Å². The minimum atomic E-state index is -2.71. The van der Waals surface area contributed by atoms with Crippen LogP contribution in [0.1, 0.15) is 23.2 Å². The van der Waals surface area contributed by atoms with Gasteiger partial charge in [0.1, 0.15) is 5.15 Å². The van der Waals surface area contributed by atoms with Crippen LogP contribution in [0, 0.1) is 0 Å². The average Bonchev–Trinajstić information content (AvgIpc) is 2.28. The molecule has 0 bridgehead atoms. The molecular weight excluding hydrogens is 319 g/mol. The molecule has 0 amide bonds. The summed E-state index contributed by atoms with van der Waals surface area (Å²) in [6, 6.07) is 1.24. The van der Waals surface area contributed by atoms with Crippen LogP contribution in [0.5, 0.6) is 0 Å². The minimum Gasteiger partial charge on any atom is -0.469 e. The number of carbonyl (C=O) groups excluding carboxylic acids is 1. The van der Waals surface area contributed by atoms with E-state index < -0.39 is 12.4 Å². The van der Waals surface area contributed by atoms with Gasteiger partial charge in [-0.1, -0.05) is 27.5 Å². The second-order valence-electron chi connectivity index (χ2n) is 3.16. The van der Waals surface area contributed by atoms with Gasteiger partial charge in [-0.3, -0.25) is 4.79 Å². The van der Waals surface area contributed by atoms with Crippen molar-refractivity contribution in [1.82, 2.24) is 4.98 Å². The molecule has 0 radical (unpaired) electrons. The van der Waals surface area contributed by atoms with E-state index in [1.165, 1.54) is 13.2 Å². The normalized spacial score (nSPS) is 10.7. The first kappa shape index (κ1) is 14.3. The summed E-state index contributed by atoms with van der Waals surface area (Å²) in [5, 5.41) is 0.419. The fraction of sp³-hybridized carbons (Fsp3) is 0.400. The number of rotatable bonds is 4. The third kappa shape index (κ3) is 3.61. The maximum Gasteiger partial charge on any atom is 0.311 e. The molecule has 0 atom stereocenters. The van der Waals surface area contributed by atoms with Gasteiger partial charge in [0.05, 0.1) is 19.2 Å². The largest absolute Gasteiger partial charge is 0.469 e. The van der Waals surface area contributed by atoms with Gasteiger partial charge in [-0.25, -0.2) is 13.8 Å². The molecule has 1 aromatic rings. The summed E-state index contributed by atoms with van der Waals surface area (Å²) in [7, 11) is 1.18. The van der Waals surface area contributed by atoms with Crippen molar-refractivity contribution in [2.75, 3.05) is 7.11 Å². The van der Waals surface area contributed by atoms with Crippen molar-refractivity contribution in [2.24, 2.45) is 0 Å². The molecule has 3 nitrogen and oxygen atoms in total. The lowest BCUT2D eigenvalue weighted by Gasteiger charge is -2.10. The fourth-order valence-electron chi connectivity index (χ4n) is 1.22. The molecule has 1 rings (SSSR count). The van der Waals surface area contributed by atoms with Crippen molar-refractivity contribution in [1.29, 1.82) is 0 Å². The lowest BCUT2D eigenvalue weighted by molar-refractivity contribution is -0.139. The summed E-state index contributed by atoms with van der Waals surface area (Å²) in [5.74, 6) is -0.637. The first-order valence-corrected chi connectivity index (χ1v) is 6.08. The third-order valence-electron chi connectivity index (χ3n) is 2.08. The van der Waals surface area contributed by atoms with Gasteiger partial charge in [0.25, 0.3) is 6.43 Å². The molecule has 0 saturated carbocycles. The number of hydrogen-bond acceptors (Lipinski definition) is 3. The number of alkyl halides is 3. The van der Waals surface area contributed by atoms with Gasteiger partial charge < -0.3 is 4.74 Å². The fourth-order valence-corrected chi connectivity index (χ4v) is 2.03. The van der Waals surface area contributed by atoms with E-state index in [4.69, 9.17) is 11.6 Å². The zero-order chi connectivity index (χ0) is 13.0. The van der Waals surface area contributed by atoms with Crippen LogP contribution < -0.4 is 0 Å². The molecule has 1 aromatic heterocycles. The molecule has 0 aliphatic rings. The number of ether oxygens (including phenoxy) is 1. The monoisotopic (exact) mass is 327 g/mol. The molecular formula is C10H9BrClF2NO2. The van der Waals surface area contributed by atoms with Gasteiger partial charge in [0, 0.05) is 16.5 Å². The molecule has 1 heterocycles. The molecule has 0 aromatic carbocycles. The number of methoxy groups -OCH3 is 1. The van der Waals surface area contributed by atoms with Crippen molar-refractivity contribution in [3.8, 4) is 0 Å². The van der Waals surface area contributed by atoms with E-state index in [0.717, 1.165) is 0 Å². The lowest BCUT2D eigenvalue weighted by Crippen LogP contribution is -2.10. The van der Waals surface area contributed by atoms with Crippen LogP contribution in [0.2, 0.25) is 5.15 Å². The van der Waals surface area contributed by atoms with Gasteiger partial charge in [-0.2, -0.15) is 0 Å². The van der Waals surface area contributed by atoms with E-state index in [1.807, 2.05) is 0 Å². The third-order valence-corrected chi connectivity index (χ3v) is 3.01. The quantitative estimate of drug-likeness (QED) is 0.484. The second-order valence-corrected chi connectivity index (χ2v) is 4.08. The Morgan fingerprint density at radius 1 is 1.65 bits per heavy atom. The topological polar surface area (TPSA) is 39.2 Å². The molecule has 0 unspecified atom stereocenters. The molecule has 0 N–H and O–H groups in total. The minimum absolute atomic E-state index is 0.0541. The van der Waals surface area contributed by atoms with E-state index in [0.29, 0.717) is 10.9 Å². The van der Waals surface area contributed by atoms with Gasteiger partial charge in [0.2, 0.25) is 0 Å². The van der Waals surface area contributed by atoms with Crippen LogP contribution in [0.4, 0.5) is 8.78 Å². The van der Waals surface area contributed by atoms with E-state index in [9.17, 15) is 13.6 Å². The highest BCUT2D eigenvalue weighted by Crippen LogP contribution is 2.27. The predicted molar refractivity (Wildman–Crippen MR) is 62.6 cm³/mol. The van der Waals surface area contributed by atoms with Gasteiger partial charge in [0.15, 0.2) is 0 Å². The molecule has 0 spiro atoms. The van der Waals surface area contributed by atoms with Crippen LogP contribution in [0.15, 0.2) is 6.07 Å². The summed E-state index contributed by atoms with van der Waals surface area (Å²) < 4.78 is 30.0. The van der Waals surface area contributed by atoms with Gasteiger partial charge in [-0.15, -0.1) is 0 Å². The lowest BCUT2D eigenvalue weighted by atomic mass is 10.1. The Labute approximate surface area is 110 Å². The Kier molecular flexibility index (Phi) is 5.27. The van der Waals surface area contributed by atoms with Crippen molar-refractivity contribution in [3.63, 3.8) is 0 Å². The Balaban J connectivity index is 3.18. The predicted octanol–water partition coefficient (Wildman–Crippen LogP) is 3.28. The number of halogens is 4. The highest BCUT2D eigenvalue weighted by atomic mass is 79.9. The van der Waals surface area contributed by atoms with E-state index in [1.54, 1.807) is 0 Å². The maximum atomic E-state index is 12.8. The zero-order valence-electron chi connectivity index (χ0n) is 8.84. The molecule has 0 aliphatic carbocycles. The Morgan fingerprint density at radius 3 is 2.76 bits per heavy atom. The van der Waals surface area contributed by atoms with E-state index >= 15 is 0 Å². The molecule has 0 fully saturated rings. The average molecular weight is 329 g/mol. The first-order chi connectivity index (χ1) is 7.99. The summed E-state index contributed by atoms with van der Waals surface area (Å²) in [5.41, 5.74) is 0.103. The Bertz CT molecular complexity index is 429. The van der Waals surface area contributed by atoms with Crippen molar-refractivity contribution < 1.29 is 18.3 Å². The summed E-state index contributed by atoms with van der Waals surface area (Å²) >= 11 is 8.91. The van der Waals surface area contributed by atoms with E-state index in [-0.39, 0.29) is 22.8 Å². The first-order valence-electron chi connectivity index (χ1n) is 4.58. The molecule has 7 heteroatoms. The summed E-state index contributed by atoms with van der Waals surface area (Å²) in [6.45, 7) is 0. The van der Waals surface area contributed by atoms with Crippen molar-refractivity contribution in [2.45, 2.75) is 18.2 Å². The number of esters is 1. The van der Waals surface area contributed by atoms with Crippen LogP contribution in [0.3, 0.4) is 0 Å². The van der Waals surface area contributed by atoms with Crippen molar-refractivity contribution in [3.05, 3.63) is 28.0 Å². The number of pyridine rings is 1. The zero-order valence-corrected chi connectivity index (χ0v) is 11.2. The second kappa shape index (κ2) is 6.26. The molecule has 0 aliphatic heterocycles. The van der Waals surface area contributed by atoms with Crippen molar-refractivity contribution >= 4 is 33.5 Å². The van der Waals surface area contributed by atoms with Gasteiger partial charge >= 0.3 is 5.97 Å². The summed E-state index contributed by atoms with van der Waals surface area (Å²) in [6.07, 6.45) is -3.03. The van der Waals surface area contributed by atoms with Crippen LogP contribution in [-0.2, 0) is 21.3 Å². The highest BCUT2D eigenvalue weighted by molar-refractivity contribution is 9.08. The highest BCUT2D eigenvalue weighted by Gasteiger charge is 2.19. The Morgan fingerprint density at radius 2 is 2.29 bits per heavy atom. The smallest absolute Gasteiger partial charge is 0.311 e. The molecule has 94 valence electrons. The number of hydrogen-bond donors (Lipinski definition) is 0. The maximum absolute atomic E-state index is 12.8.